The van der Waals surface area contributed by atoms with Gasteiger partial charge >= 0.3 is 5.97 Å². The molecule has 0 bridgehead atoms. The van der Waals surface area contributed by atoms with Gasteiger partial charge in [-0.3, -0.25) is 9.59 Å². The summed E-state index contributed by atoms with van der Waals surface area (Å²) in [6.45, 7) is 5.52. The van der Waals surface area contributed by atoms with Crippen LogP contribution in [0.25, 0.3) is 0 Å². The Morgan fingerprint density at radius 2 is 1.78 bits per heavy atom. The van der Waals surface area contributed by atoms with E-state index in [0.29, 0.717) is 6.42 Å². The van der Waals surface area contributed by atoms with Gasteiger partial charge in [0, 0.05) is 6.42 Å². The maximum atomic E-state index is 11.5. The second kappa shape index (κ2) is 8.95. The lowest BCUT2D eigenvalue weighted by molar-refractivity contribution is -0.155. The molecule has 4 nitrogen and oxygen atoms in total. The van der Waals surface area contributed by atoms with Crippen molar-refractivity contribution in [1.29, 1.82) is 0 Å². The van der Waals surface area contributed by atoms with E-state index in [9.17, 15) is 4.79 Å². The number of hydrogen-bond acceptors (Lipinski definition) is 3. The highest BCUT2D eigenvalue weighted by Crippen LogP contribution is 2.27. The van der Waals surface area contributed by atoms with Crippen molar-refractivity contribution in [2.24, 2.45) is 5.92 Å². The van der Waals surface area contributed by atoms with Gasteiger partial charge in [-0.15, -0.1) is 0 Å². The van der Waals surface area contributed by atoms with Crippen LogP contribution < -0.4 is 0 Å². The number of esters is 1. The summed E-state index contributed by atoms with van der Waals surface area (Å²) in [4.78, 5) is 19.8. The molecule has 0 amide bonds. The van der Waals surface area contributed by atoms with Crippen molar-refractivity contribution in [3.8, 4) is 0 Å². The Labute approximate surface area is 110 Å². The highest BCUT2D eigenvalue weighted by atomic mass is 16.6. The van der Waals surface area contributed by atoms with Crippen LogP contribution in [0, 0.1) is 5.92 Å². The number of ether oxygens (including phenoxy) is 1. The van der Waals surface area contributed by atoms with Crippen molar-refractivity contribution in [2.45, 2.75) is 71.3 Å². The Kier molecular flexibility index (Phi) is 8.42. The van der Waals surface area contributed by atoms with E-state index in [0.717, 1.165) is 12.3 Å². The fourth-order valence-corrected chi connectivity index (χ4v) is 2.19. The normalized spacial score (nSPS) is 16.4. The zero-order valence-electron chi connectivity index (χ0n) is 11.8. The van der Waals surface area contributed by atoms with Crippen LogP contribution in [0.3, 0.4) is 0 Å². The van der Waals surface area contributed by atoms with Crippen molar-refractivity contribution in [1.82, 2.24) is 0 Å². The summed E-state index contributed by atoms with van der Waals surface area (Å²) < 4.78 is 5.29. The fraction of sp³-hybridized carbons (Fsp3) is 0.857. The van der Waals surface area contributed by atoms with Crippen molar-refractivity contribution in [3.05, 3.63) is 0 Å². The minimum absolute atomic E-state index is 0.0342. The molecular weight excluding hydrogens is 232 g/mol. The van der Waals surface area contributed by atoms with Gasteiger partial charge in [0.2, 0.25) is 0 Å². The van der Waals surface area contributed by atoms with E-state index in [1.54, 1.807) is 0 Å². The van der Waals surface area contributed by atoms with Crippen LogP contribution in [-0.4, -0.2) is 23.1 Å². The average Bonchev–Trinajstić information content (AvgIpc) is 2.27. The number of carbonyl (C=O) groups is 2. The molecule has 0 aromatic rings. The summed E-state index contributed by atoms with van der Waals surface area (Å²) in [5, 5.41) is 6.89. The fourth-order valence-electron chi connectivity index (χ4n) is 2.19. The molecule has 1 aliphatic rings. The van der Waals surface area contributed by atoms with Gasteiger partial charge in [-0.05, 0) is 33.1 Å². The average molecular weight is 258 g/mol. The third-order valence-electron chi connectivity index (χ3n) is 2.90. The smallest absolute Gasteiger partial charge is 0.306 e. The lowest BCUT2D eigenvalue weighted by Gasteiger charge is -2.23. The molecule has 18 heavy (non-hydrogen) atoms. The second-order valence-electron chi connectivity index (χ2n) is 5.73. The van der Waals surface area contributed by atoms with Gasteiger partial charge in [-0.2, -0.15) is 0 Å². The Bertz CT molecular complexity index is 237. The Morgan fingerprint density at radius 1 is 1.28 bits per heavy atom. The van der Waals surface area contributed by atoms with Gasteiger partial charge in [0.25, 0.3) is 6.47 Å². The molecule has 0 spiro atoms. The van der Waals surface area contributed by atoms with Crippen LogP contribution in [0.5, 0.6) is 0 Å². The van der Waals surface area contributed by atoms with E-state index in [2.05, 4.69) is 0 Å². The topological polar surface area (TPSA) is 63.6 Å². The molecule has 4 heteroatoms. The molecule has 1 N–H and O–H groups in total. The van der Waals surface area contributed by atoms with E-state index in [4.69, 9.17) is 14.6 Å². The van der Waals surface area contributed by atoms with Gasteiger partial charge in [-0.1, -0.05) is 32.1 Å². The summed E-state index contributed by atoms with van der Waals surface area (Å²) in [6.07, 6.45) is 8.31. The first-order valence-electron chi connectivity index (χ1n) is 6.68. The van der Waals surface area contributed by atoms with Gasteiger partial charge in [0.1, 0.15) is 5.60 Å². The molecule has 106 valence electrons. The summed E-state index contributed by atoms with van der Waals surface area (Å²) in [5.74, 6) is 0.736. The number of rotatable bonds is 3. The summed E-state index contributed by atoms with van der Waals surface area (Å²) in [5.41, 5.74) is -0.330. The van der Waals surface area contributed by atoms with Gasteiger partial charge in [-0.25, -0.2) is 0 Å². The highest BCUT2D eigenvalue weighted by Gasteiger charge is 2.19. The van der Waals surface area contributed by atoms with E-state index in [1.165, 1.54) is 32.1 Å². The first-order valence-corrected chi connectivity index (χ1v) is 6.68. The minimum Gasteiger partial charge on any atom is -0.483 e. The third-order valence-corrected chi connectivity index (χ3v) is 2.90. The Hall–Kier alpha value is -1.06. The Balaban J connectivity index is 0.000000873. The molecule has 0 saturated heterocycles. The Morgan fingerprint density at radius 3 is 2.22 bits per heavy atom. The van der Waals surface area contributed by atoms with E-state index >= 15 is 0 Å². The first-order chi connectivity index (χ1) is 8.39. The SMILES string of the molecule is CC(C)(C)OC(=O)CCC1CCCCC1.O=CO. The van der Waals surface area contributed by atoms with Crippen LogP contribution >= 0.6 is 0 Å². The molecule has 0 unspecified atom stereocenters. The molecule has 1 saturated carbocycles. The molecular formula is C14H26O4. The number of carbonyl (C=O) groups excluding carboxylic acids is 1. The predicted octanol–water partition coefficient (Wildman–Crippen LogP) is 3.39. The van der Waals surface area contributed by atoms with Gasteiger partial charge in [0.05, 0.1) is 0 Å². The molecule has 1 rings (SSSR count). The zero-order chi connectivity index (χ0) is 14.0. The molecule has 0 radical (unpaired) electrons. The molecule has 0 aliphatic heterocycles. The lowest BCUT2D eigenvalue weighted by Crippen LogP contribution is -2.24. The maximum absolute atomic E-state index is 11.5. The largest absolute Gasteiger partial charge is 0.483 e. The first kappa shape index (κ1) is 16.9. The monoisotopic (exact) mass is 258 g/mol. The van der Waals surface area contributed by atoms with Crippen molar-refractivity contribution in [2.75, 3.05) is 0 Å². The van der Waals surface area contributed by atoms with Crippen molar-refractivity contribution in [3.63, 3.8) is 0 Å². The number of carboxylic acid groups (broad SMARTS) is 1. The minimum atomic E-state index is -0.330. The third kappa shape index (κ3) is 10.1. The summed E-state index contributed by atoms with van der Waals surface area (Å²) >= 11 is 0. The molecule has 0 aromatic carbocycles. The standard InChI is InChI=1S/C13H24O2.CH2O2/c1-13(2,3)15-12(14)10-9-11-7-5-4-6-8-11;2-1-3/h11H,4-10H2,1-3H3;1H,(H,2,3). The van der Waals surface area contributed by atoms with E-state index in [-0.39, 0.29) is 18.0 Å². The second-order valence-corrected chi connectivity index (χ2v) is 5.73. The molecule has 1 aliphatic carbocycles. The van der Waals surface area contributed by atoms with Crippen LogP contribution in [0.2, 0.25) is 0 Å². The van der Waals surface area contributed by atoms with Crippen LogP contribution in [0.4, 0.5) is 0 Å². The summed E-state index contributed by atoms with van der Waals surface area (Å²) in [7, 11) is 0. The molecule has 1 fully saturated rings. The highest BCUT2D eigenvalue weighted by molar-refractivity contribution is 5.69. The van der Waals surface area contributed by atoms with Crippen LogP contribution in [-0.2, 0) is 14.3 Å². The summed E-state index contributed by atoms with van der Waals surface area (Å²) in [6, 6.07) is 0. The molecule has 0 atom stereocenters. The lowest BCUT2D eigenvalue weighted by atomic mass is 9.86. The van der Waals surface area contributed by atoms with Gasteiger partial charge < -0.3 is 9.84 Å². The van der Waals surface area contributed by atoms with Crippen LogP contribution in [0.1, 0.15) is 65.7 Å². The van der Waals surface area contributed by atoms with Gasteiger partial charge in [0.15, 0.2) is 0 Å². The van der Waals surface area contributed by atoms with Crippen LogP contribution in [0.15, 0.2) is 0 Å². The predicted molar refractivity (Wildman–Crippen MR) is 70.3 cm³/mol. The molecule has 0 heterocycles. The zero-order valence-corrected chi connectivity index (χ0v) is 11.8. The van der Waals surface area contributed by atoms with E-state index in [1.807, 2.05) is 20.8 Å². The van der Waals surface area contributed by atoms with Crippen molar-refractivity contribution < 1.29 is 19.4 Å². The number of hydrogen-bond donors (Lipinski definition) is 1. The van der Waals surface area contributed by atoms with Crippen molar-refractivity contribution >= 4 is 12.4 Å². The van der Waals surface area contributed by atoms with E-state index < -0.39 is 0 Å². The maximum Gasteiger partial charge on any atom is 0.306 e. The molecule has 0 aromatic heterocycles. The quantitative estimate of drug-likeness (QED) is 0.622.